The number of carbonyl (C=O) groups is 1. The zero-order chi connectivity index (χ0) is 24.2. The van der Waals surface area contributed by atoms with Crippen LogP contribution in [-0.4, -0.2) is 21.6 Å². The lowest BCUT2D eigenvalue weighted by molar-refractivity contribution is -0.123. The minimum absolute atomic E-state index is 0.196. The van der Waals surface area contributed by atoms with Gasteiger partial charge in [-0.2, -0.15) is 0 Å². The van der Waals surface area contributed by atoms with Crippen molar-refractivity contribution in [3.8, 4) is 11.4 Å². The molecule has 8 heteroatoms. The third-order valence-electron chi connectivity index (χ3n) is 5.32. The van der Waals surface area contributed by atoms with Crippen molar-refractivity contribution in [1.29, 1.82) is 0 Å². The van der Waals surface area contributed by atoms with E-state index in [0.717, 1.165) is 10.8 Å². The summed E-state index contributed by atoms with van der Waals surface area (Å²) in [5, 5.41) is 4.92. The zero-order valence-corrected chi connectivity index (χ0v) is 19.6. The van der Waals surface area contributed by atoms with Gasteiger partial charge in [0, 0.05) is 29.5 Å². The fraction of sp³-hybridized carbons (Fsp3) is 0.192. The predicted molar refractivity (Wildman–Crippen MR) is 136 cm³/mol. The van der Waals surface area contributed by atoms with Gasteiger partial charge in [-0.15, -0.1) is 0 Å². The van der Waals surface area contributed by atoms with E-state index in [-0.39, 0.29) is 17.4 Å². The van der Waals surface area contributed by atoms with Gasteiger partial charge in [0.05, 0.1) is 10.7 Å². The number of fused-ring (bicyclic) bond motifs is 1. The molecule has 2 aromatic heterocycles. The number of rotatable bonds is 7. The van der Waals surface area contributed by atoms with E-state index in [2.05, 4.69) is 10.3 Å². The molecule has 1 unspecified atom stereocenters. The van der Waals surface area contributed by atoms with Crippen LogP contribution in [0.1, 0.15) is 20.3 Å². The molecule has 0 radical (unpaired) electrons. The molecule has 0 saturated carbocycles. The maximum atomic E-state index is 13.1. The number of benzene rings is 2. The fourth-order valence-corrected chi connectivity index (χ4v) is 3.95. The van der Waals surface area contributed by atoms with Gasteiger partial charge in [-0.3, -0.25) is 14.2 Å². The number of aromatic nitrogens is 2. The SMILES string of the molecule is CC(C)CC(Oc1ccc2ccnc(N)c2c1)C(=O)Nc1ccc(-n2ccccc2=O)c(Cl)c1. The number of nitrogens with zero attached hydrogens (tertiary/aromatic N) is 2. The molecule has 0 spiro atoms. The summed E-state index contributed by atoms with van der Waals surface area (Å²) in [6, 6.07) is 17.2. The molecule has 0 aliphatic carbocycles. The third kappa shape index (κ3) is 5.21. The van der Waals surface area contributed by atoms with Crippen molar-refractivity contribution in [1.82, 2.24) is 9.55 Å². The van der Waals surface area contributed by atoms with Crippen LogP contribution in [0.2, 0.25) is 5.02 Å². The molecule has 2 aromatic carbocycles. The third-order valence-corrected chi connectivity index (χ3v) is 5.62. The smallest absolute Gasteiger partial charge is 0.265 e. The second-order valence-corrected chi connectivity index (χ2v) is 8.79. The average Bonchev–Trinajstić information content (AvgIpc) is 2.80. The molecule has 34 heavy (non-hydrogen) atoms. The molecular weight excluding hydrogens is 452 g/mol. The topological polar surface area (TPSA) is 99.2 Å². The highest BCUT2D eigenvalue weighted by Gasteiger charge is 2.23. The van der Waals surface area contributed by atoms with Crippen LogP contribution in [0.15, 0.2) is 77.9 Å². The van der Waals surface area contributed by atoms with Gasteiger partial charge in [0.1, 0.15) is 11.6 Å². The molecule has 4 rings (SSSR count). The summed E-state index contributed by atoms with van der Waals surface area (Å²) in [5.41, 5.74) is 6.84. The summed E-state index contributed by atoms with van der Waals surface area (Å²) < 4.78 is 7.53. The van der Waals surface area contributed by atoms with Crippen LogP contribution < -0.4 is 21.3 Å². The van der Waals surface area contributed by atoms with E-state index in [4.69, 9.17) is 22.1 Å². The van der Waals surface area contributed by atoms with Crippen molar-refractivity contribution in [3.05, 3.63) is 88.4 Å². The minimum atomic E-state index is -0.731. The van der Waals surface area contributed by atoms with Crippen LogP contribution in [0.3, 0.4) is 0 Å². The van der Waals surface area contributed by atoms with Crippen LogP contribution in [0, 0.1) is 5.92 Å². The van der Waals surface area contributed by atoms with Crippen molar-refractivity contribution in [3.63, 3.8) is 0 Å². The Bertz CT molecular complexity index is 1400. The molecule has 0 saturated heterocycles. The lowest BCUT2D eigenvalue weighted by Crippen LogP contribution is -2.34. The number of anilines is 2. The van der Waals surface area contributed by atoms with E-state index < -0.39 is 6.10 Å². The Morgan fingerprint density at radius 2 is 1.97 bits per heavy atom. The van der Waals surface area contributed by atoms with E-state index in [0.29, 0.717) is 34.4 Å². The monoisotopic (exact) mass is 476 g/mol. The largest absolute Gasteiger partial charge is 0.481 e. The molecule has 2 heterocycles. The molecule has 4 aromatic rings. The molecule has 1 amide bonds. The Morgan fingerprint density at radius 3 is 2.71 bits per heavy atom. The van der Waals surface area contributed by atoms with Crippen LogP contribution in [-0.2, 0) is 4.79 Å². The molecule has 0 bridgehead atoms. The molecule has 7 nitrogen and oxygen atoms in total. The maximum Gasteiger partial charge on any atom is 0.265 e. The first-order valence-electron chi connectivity index (χ1n) is 10.9. The minimum Gasteiger partial charge on any atom is -0.481 e. The molecule has 0 aliphatic rings. The first-order chi connectivity index (χ1) is 16.3. The number of nitrogens with two attached hydrogens (primary N) is 1. The molecule has 3 N–H and O–H groups in total. The quantitative estimate of drug-likeness (QED) is 0.388. The summed E-state index contributed by atoms with van der Waals surface area (Å²) in [4.78, 5) is 29.4. The Kier molecular flexibility index (Phi) is 6.84. The van der Waals surface area contributed by atoms with Gasteiger partial charge in [-0.1, -0.05) is 37.6 Å². The summed E-state index contributed by atoms with van der Waals surface area (Å²) in [7, 11) is 0. The summed E-state index contributed by atoms with van der Waals surface area (Å²) >= 11 is 6.42. The van der Waals surface area contributed by atoms with Crippen molar-refractivity contribution in [2.75, 3.05) is 11.1 Å². The second-order valence-electron chi connectivity index (χ2n) is 8.38. The molecule has 1 atom stereocenters. The Morgan fingerprint density at radius 1 is 1.15 bits per heavy atom. The number of halogens is 1. The molecule has 0 aliphatic heterocycles. The zero-order valence-electron chi connectivity index (χ0n) is 18.9. The Labute approximate surface area is 202 Å². The standard InChI is InChI=1S/C26H25ClN4O3/c1-16(2)13-23(34-19-8-6-17-10-11-29-25(28)20(17)15-19)26(33)30-18-7-9-22(21(27)14-18)31-12-4-3-5-24(31)32/h3-12,14-16,23H,13H2,1-2H3,(H2,28,29)(H,30,33). The van der Waals surface area contributed by atoms with E-state index >= 15 is 0 Å². The number of hydrogen-bond acceptors (Lipinski definition) is 5. The van der Waals surface area contributed by atoms with Gasteiger partial charge < -0.3 is 15.8 Å². The van der Waals surface area contributed by atoms with Gasteiger partial charge in [-0.05, 0) is 60.2 Å². The Hall–Kier alpha value is -3.84. The van der Waals surface area contributed by atoms with Gasteiger partial charge >= 0.3 is 0 Å². The van der Waals surface area contributed by atoms with Crippen molar-refractivity contribution in [2.24, 2.45) is 5.92 Å². The van der Waals surface area contributed by atoms with E-state index in [1.54, 1.807) is 48.8 Å². The van der Waals surface area contributed by atoms with Gasteiger partial charge in [-0.25, -0.2) is 4.98 Å². The highest BCUT2D eigenvalue weighted by molar-refractivity contribution is 6.32. The first-order valence-corrected chi connectivity index (χ1v) is 11.3. The molecular formula is C26H25ClN4O3. The normalized spacial score (nSPS) is 12.0. The van der Waals surface area contributed by atoms with Crippen molar-refractivity contribution in [2.45, 2.75) is 26.4 Å². The Balaban J connectivity index is 1.55. The predicted octanol–water partition coefficient (Wildman–Crippen LogP) is 5.05. The van der Waals surface area contributed by atoms with Crippen molar-refractivity contribution >= 4 is 39.8 Å². The first kappa shape index (κ1) is 23.3. The molecule has 174 valence electrons. The lowest BCUT2D eigenvalue weighted by atomic mass is 10.0. The van der Waals surface area contributed by atoms with Gasteiger partial charge in [0.2, 0.25) is 0 Å². The summed E-state index contributed by atoms with van der Waals surface area (Å²) in [5.74, 6) is 0.859. The maximum absolute atomic E-state index is 13.1. The summed E-state index contributed by atoms with van der Waals surface area (Å²) in [6.07, 6.45) is 3.07. The number of hydrogen-bond donors (Lipinski definition) is 2. The van der Waals surface area contributed by atoms with Gasteiger partial charge in [0.15, 0.2) is 6.10 Å². The summed E-state index contributed by atoms with van der Waals surface area (Å²) in [6.45, 7) is 4.05. The lowest BCUT2D eigenvalue weighted by Gasteiger charge is -2.21. The van der Waals surface area contributed by atoms with E-state index in [9.17, 15) is 9.59 Å². The number of nitrogen functional groups attached to an aromatic ring is 1. The van der Waals surface area contributed by atoms with Crippen LogP contribution >= 0.6 is 11.6 Å². The number of amides is 1. The van der Waals surface area contributed by atoms with E-state index in [1.807, 2.05) is 32.0 Å². The average molecular weight is 477 g/mol. The van der Waals surface area contributed by atoms with Crippen LogP contribution in [0.4, 0.5) is 11.5 Å². The number of carbonyl (C=O) groups excluding carboxylic acids is 1. The van der Waals surface area contributed by atoms with Crippen LogP contribution in [0.5, 0.6) is 5.75 Å². The van der Waals surface area contributed by atoms with E-state index in [1.165, 1.54) is 10.6 Å². The number of nitrogens with one attached hydrogen (secondary N) is 1. The number of pyridine rings is 2. The molecule has 0 fully saturated rings. The highest BCUT2D eigenvalue weighted by atomic mass is 35.5. The van der Waals surface area contributed by atoms with Gasteiger partial charge in [0.25, 0.3) is 11.5 Å². The van der Waals surface area contributed by atoms with Crippen LogP contribution in [0.25, 0.3) is 16.5 Å². The second kappa shape index (κ2) is 9.97. The van der Waals surface area contributed by atoms with Crippen molar-refractivity contribution < 1.29 is 9.53 Å². The fourth-order valence-electron chi connectivity index (χ4n) is 3.67. The highest BCUT2D eigenvalue weighted by Crippen LogP contribution is 2.27. The number of ether oxygens (including phenoxy) is 1.